The summed E-state index contributed by atoms with van der Waals surface area (Å²) in [4.78, 5) is 22.8. The fourth-order valence-electron chi connectivity index (χ4n) is 2.40. The van der Waals surface area contributed by atoms with E-state index in [0.29, 0.717) is 17.9 Å². The lowest BCUT2D eigenvalue weighted by atomic mass is 10.2. The van der Waals surface area contributed by atoms with E-state index in [9.17, 15) is 14.9 Å². The first-order valence-electron chi connectivity index (χ1n) is 6.37. The number of hydrogen-bond acceptors (Lipinski definition) is 4. The van der Waals surface area contributed by atoms with E-state index < -0.39 is 11.0 Å². The monoisotopic (exact) mass is 280 g/mol. The van der Waals surface area contributed by atoms with Crippen LogP contribution in [-0.4, -0.2) is 40.2 Å². The van der Waals surface area contributed by atoms with E-state index in [4.69, 9.17) is 9.84 Å². The summed E-state index contributed by atoms with van der Waals surface area (Å²) in [5, 5.41) is 19.9. The summed E-state index contributed by atoms with van der Waals surface area (Å²) in [6.07, 6.45) is 0.612. The zero-order chi connectivity index (χ0) is 14.7. The van der Waals surface area contributed by atoms with Crippen LogP contribution < -0.4 is 4.74 Å². The van der Waals surface area contributed by atoms with Crippen molar-refractivity contribution >= 4 is 11.8 Å². The lowest BCUT2D eigenvalue weighted by Gasteiger charge is -2.22. The van der Waals surface area contributed by atoms with E-state index in [1.807, 2.05) is 0 Å². The predicted molar refractivity (Wildman–Crippen MR) is 71.1 cm³/mol. The molecular weight excluding hydrogens is 264 g/mol. The van der Waals surface area contributed by atoms with Crippen LogP contribution in [0.2, 0.25) is 0 Å². The molecule has 0 spiro atoms. The highest BCUT2D eigenvalue weighted by Crippen LogP contribution is 2.28. The van der Waals surface area contributed by atoms with Crippen LogP contribution in [0.5, 0.6) is 5.75 Å². The lowest BCUT2D eigenvalue weighted by Crippen LogP contribution is -2.38. The first kappa shape index (κ1) is 14.1. The second-order valence-electron chi connectivity index (χ2n) is 4.74. The topological polar surface area (TPSA) is 92.9 Å². The van der Waals surface area contributed by atoms with Crippen LogP contribution in [0, 0.1) is 17.0 Å². The third kappa shape index (κ3) is 2.81. The highest BCUT2D eigenvalue weighted by molar-refractivity contribution is 5.65. The number of nitro benzene ring substituents is 1. The highest BCUT2D eigenvalue weighted by Gasteiger charge is 2.29. The summed E-state index contributed by atoms with van der Waals surface area (Å²) in [5.41, 5.74) is 0.460. The summed E-state index contributed by atoms with van der Waals surface area (Å²) < 4.78 is 5.58. The minimum Gasteiger partial charge on any atom is -0.491 e. The summed E-state index contributed by atoms with van der Waals surface area (Å²) in [6, 6.07) is 4.44. The third-order valence-electron chi connectivity index (χ3n) is 3.51. The molecule has 108 valence electrons. The van der Waals surface area contributed by atoms with Gasteiger partial charge < -0.3 is 14.7 Å². The smallest absolute Gasteiger partial charge is 0.407 e. The quantitative estimate of drug-likeness (QED) is 0.675. The second-order valence-corrected chi connectivity index (χ2v) is 4.74. The Morgan fingerprint density at radius 2 is 2.35 bits per heavy atom. The van der Waals surface area contributed by atoms with Crippen molar-refractivity contribution in [2.24, 2.45) is 0 Å². The summed E-state index contributed by atoms with van der Waals surface area (Å²) >= 11 is 0. The Kier molecular flexibility index (Phi) is 4.07. The largest absolute Gasteiger partial charge is 0.491 e. The molecule has 1 aromatic carbocycles. The van der Waals surface area contributed by atoms with E-state index >= 15 is 0 Å². The molecule has 0 saturated carbocycles. The van der Waals surface area contributed by atoms with Crippen LogP contribution in [0.3, 0.4) is 0 Å². The number of rotatable bonds is 4. The van der Waals surface area contributed by atoms with Crippen LogP contribution in [0.25, 0.3) is 0 Å². The molecule has 1 aromatic rings. The predicted octanol–water partition coefficient (Wildman–Crippen LogP) is 2.42. The number of carboxylic acid groups (broad SMARTS) is 1. The average molecular weight is 280 g/mol. The number of ether oxygens (including phenoxy) is 1. The van der Waals surface area contributed by atoms with E-state index in [1.54, 1.807) is 19.1 Å². The Bertz CT molecular complexity index is 531. The van der Waals surface area contributed by atoms with Gasteiger partial charge in [0.2, 0.25) is 0 Å². The molecule has 0 radical (unpaired) electrons. The Hall–Kier alpha value is -2.31. The Balaban J connectivity index is 2.06. The van der Waals surface area contributed by atoms with Gasteiger partial charge in [0.05, 0.1) is 16.5 Å². The average Bonchev–Trinajstić information content (AvgIpc) is 2.85. The minimum atomic E-state index is -0.952. The second kappa shape index (κ2) is 5.77. The molecule has 7 nitrogen and oxygen atoms in total. The van der Waals surface area contributed by atoms with Gasteiger partial charge in [0.1, 0.15) is 12.4 Å². The molecule has 0 bridgehead atoms. The van der Waals surface area contributed by atoms with E-state index in [-0.39, 0.29) is 18.3 Å². The van der Waals surface area contributed by atoms with Gasteiger partial charge in [-0.3, -0.25) is 10.1 Å². The van der Waals surface area contributed by atoms with Gasteiger partial charge >= 0.3 is 6.09 Å². The Morgan fingerprint density at radius 3 is 3.00 bits per heavy atom. The van der Waals surface area contributed by atoms with Crippen LogP contribution >= 0.6 is 0 Å². The van der Waals surface area contributed by atoms with Gasteiger partial charge in [-0.15, -0.1) is 0 Å². The molecule has 0 aliphatic carbocycles. The maximum Gasteiger partial charge on any atom is 0.407 e. The van der Waals surface area contributed by atoms with Gasteiger partial charge in [-0.1, -0.05) is 6.07 Å². The van der Waals surface area contributed by atoms with Crippen molar-refractivity contribution in [3.63, 3.8) is 0 Å². The zero-order valence-corrected chi connectivity index (χ0v) is 11.1. The molecule has 7 heteroatoms. The number of nitro groups is 1. The molecule has 0 aromatic heterocycles. The third-order valence-corrected chi connectivity index (χ3v) is 3.51. The lowest BCUT2D eigenvalue weighted by molar-refractivity contribution is -0.385. The number of nitrogens with zero attached hydrogens (tertiary/aromatic N) is 2. The maximum atomic E-state index is 11.0. The van der Waals surface area contributed by atoms with Crippen molar-refractivity contribution < 1.29 is 19.6 Å². The molecular formula is C13H16N2O5. The van der Waals surface area contributed by atoms with Crippen molar-refractivity contribution in [1.29, 1.82) is 0 Å². The van der Waals surface area contributed by atoms with Gasteiger partial charge in [-0.05, 0) is 25.8 Å². The van der Waals surface area contributed by atoms with Crippen LogP contribution in [-0.2, 0) is 0 Å². The number of likely N-dealkylation sites (tertiary alicyclic amines) is 1. The van der Waals surface area contributed by atoms with Crippen LogP contribution in [0.1, 0.15) is 18.4 Å². The van der Waals surface area contributed by atoms with Crippen molar-refractivity contribution in [2.45, 2.75) is 25.8 Å². The number of benzene rings is 1. The molecule has 1 aliphatic rings. The zero-order valence-electron chi connectivity index (χ0n) is 11.1. The Labute approximate surface area is 115 Å². The fraction of sp³-hybridized carbons (Fsp3) is 0.462. The molecule has 1 amide bonds. The summed E-state index contributed by atoms with van der Waals surface area (Å²) in [6.45, 7) is 2.35. The molecule has 1 atom stereocenters. The minimum absolute atomic E-state index is 0.00372. The molecule has 1 saturated heterocycles. The van der Waals surface area contributed by atoms with E-state index in [0.717, 1.165) is 12.8 Å². The van der Waals surface area contributed by atoms with E-state index in [1.165, 1.54) is 11.0 Å². The molecule has 1 N–H and O–H groups in total. The normalized spacial score (nSPS) is 18.1. The van der Waals surface area contributed by atoms with Gasteiger partial charge in [0.15, 0.2) is 0 Å². The SMILES string of the molecule is Cc1c(OC[C@@H]2CCCN2C(=O)O)cccc1[N+](=O)[O-]. The first-order valence-corrected chi connectivity index (χ1v) is 6.37. The number of amides is 1. The van der Waals surface area contributed by atoms with Gasteiger partial charge in [-0.25, -0.2) is 4.79 Å². The van der Waals surface area contributed by atoms with Crippen molar-refractivity contribution in [2.75, 3.05) is 13.2 Å². The van der Waals surface area contributed by atoms with Crippen molar-refractivity contribution in [1.82, 2.24) is 4.90 Å². The van der Waals surface area contributed by atoms with Crippen molar-refractivity contribution in [3.05, 3.63) is 33.9 Å². The fourth-order valence-corrected chi connectivity index (χ4v) is 2.40. The molecule has 0 unspecified atom stereocenters. The van der Waals surface area contributed by atoms with E-state index in [2.05, 4.69) is 0 Å². The Morgan fingerprint density at radius 1 is 1.60 bits per heavy atom. The molecule has 1 fully saturated rings. The molecule has 2 rings (SSSR count). The van der Waals surface area contributed by atoms with Gasteiger partial charge in [0, 0.05) is 12.6 Å². The molecule has 1 aliphatic heterocycles. The standard InChI is InChI=1S/C13H16N2O5/c1-9-11(15(18)19)5-2-6-12(9)20-8-10-4-3-7-14(10)13(16)17/h2,5-6,10H,3-4,7-8H2,1H3,(H,16,17)/t10-/m0/s1. The molecule has 20 heavy (non-hydrogen) atoms. The molecule has 1 heterocycles. The summed E-state index contributed by atoms with van der Waals surface area (Å²) in [5.74, 6) is 0.427. The first-order chi connectivity index (χ1) is 9.50. The van der Waals surface area contributed by atoms with Crippen LogP contribution in [0.15, 0.2) is 18.2 Å². The van der Waals surface area contributed by atoms with Crippen LogP contribution in [0.4, 0.5) is 10.5 Å². The number of hydrogen-bond donors (Lipinski definition) is 1. The highest BCUT2D eigenvalue weighted by atomic mass is 16.6. The maximum absolute atomic E-state index is 11.0. The number of carbonyl (C=O) groups is 1. The van der Waals surface area contributed by atoms with Gasteiger partial charge in [-0.2, -0.15) is 0 Å². The van der Waals surface area contributed by atoms with Crippen molar-refractivity contribution in [3.8, 4) is 5.75 Å². The van der Waals surface area contributed by atoms with Gasteiger partial charge in [0.25, 0.3) is 5.69 Å². The summed E-state index contributed by atoms with van der Waals surface area (Å²) in [7, 11) is 0.